The van der Waals surface area contributed by atoms with Crippen molar-refractivity contribution in [2.45, 2.75) is 90.5 Å². The van der Waals surface area contributed by atoms with E-state index in [1.807, 2.05) is 21.0 Å². The summed E-state index contributed by atoms with van der Waals surface area (Å²) in [7, 11) is 3.74. The molecule has 0 aliphatic heterocycles. The van der Waals surface area contributed by atoms with Gasteiger partial charge in [-0.05, 0) is 13.3 Å². The number of carboxylic acids is 1. The Hall–Kier alpha value is -1.10. The highest BCUT2D eigenvalue weighted by Gasteiger charge is 2.17. The number of carbonyl (C=O) groups is 2. The zero-order valence-corrected chi connectivity index (χ0v) is 16.9. The molecule has 0 aliphatic rings. The van der Waals surface area contributed by atoms with Gasteiger partial charge in [0.1, 0.15) is 6.54 Å². The fourth-order valence-electron chi connectivity index (χ4n) is 2.99. The van der Waals surface area contributed by atoms with E-state index in [9.17, 15) is 14.7 Å². The minimum absolute atomic E-state index is 0.000882. The molecule has 1 unspecified atom stereocenters. The highest BCUT2D eigenvalue weighted by Crippen LogP contribution is 2.10. The van der Waals surface area contributed by atoms with Crippen LogP contribution in [-0.4, -0.2) is 49.6 Å². The number of amides is 1. The van der Waals surface area contributed by atoms with Gasteiger partial charge in [-0.25, -0.2) is 0 Å². The fourth-order valence-corrected chi connectivity index (χ4v) is 2.99. The average molecular weight is 357 g/mol. The molecule has 0 aromatic heterocycles. The predicted molar refractivity (Wildman–Crippen MR) is 101 cm³/mol. The van der Waals surface area contributed by atoms with E-state index in [-0.39, 0.29) is 18.5 Å². The molecule has 5 heteroatoms. The van der Waals surface area contributed by atoms with E-state index in [1.54, 1.807) is 0 Å². The normalized spacial score (nSPS) is 12.8. The van der Waals surface area contributed by atoms with Gasteiger partial charge in [0.2, 0.25) is 5.91 Å². The summed E-state index contributed by atoms with van der Waals surface area (Å²) in [6, 6.07) is 0.0743. The third kappa shape index (κ3) is 16.1. The first-order chi connectivity index (χ1) is 11.8. The van der Waals surface area contributed by atoms with Crippen LogP contribution < -0.4 is 10.4 Å². The molecule has 0 spiro atoms. The molecule has 0 rings (SSSR count). The number of quaternary nitrogens is 1. The molecule has 0 saturated carbocycles. The molecule has 25 heavy (non-hydrogen) atoms. The molecule has 0 heterocycles. The van der Waals surface area contributed by atoms with E-state index in [2.05, 4.69) is 12.2 Å². The molecular weight excluding hydrogens is 316 g/mol. The quantitative estimate of drug-likeness (QED) is 0.341. The fraction of sp³-hybridized carbons (Fsp3) is 0.900. The Labute approximate surface area is 154 Å². The number of hydrogen-bond donors (Lipinski definition) is 1. The molecule has 1 atom stereocenters. The number of unbranched alkanes of at least 4 members (excludes halogenated alkanes) is 8. The maximum absolute atomic E-state index is 11.9. The van der Waals surface area contributed by atoms with E-state index in [4.69, 9.17) is 0 Å². The van der Waals surface area contributed by atoms with Gasteiger partial charge in [-0.15, -0.1) is 0 Å². The summed E-state index contributed by atoms with van der Waals surface area (Å²) in [5, 5.41) is 13.7. The Morgan fingerprint density at radius 1 is 0.960 bits per heavy atom. The SMILES string of the molecule is CCCCCCCCCCCC(=O)NC(C)CC[N+](C)(C)CC(=O)[O-]. The lowest BCUT2D eigenvalue weighted by Crippen LogP contribution is -2.50. The number of nitrogens with zero attached hydrogens (tertiary/aromatic N) is 1. The van der Waals surface area contributed by atoms with E-state index < -0.39 is 5.97 Å². The van der Waals surface area contributed by atoms with Crippen molar-refractivity contribution in [1.29, 1.82) is 0 Å². The van der Waals surface area contributed by atoms with Gasteiger partial charge in [0.15, 0.2) is 0 Å². The standard InChI is InChI=1S/C20H40N2O3/c1-5-6-7-8-9-10-11-12-13-14-19(23)21-18(2)15-16-22(3,4)17-20(24)25/h18H,5-17H2,1-4H3,(H-,21,23,24,25). The lowest BCUT2D eigenvalue weighted by Gasteiger charge is -2.31. The zero-order valence-electron chi connectivity index (χ0n) is 16.9. The van der Waals surface area contributed by atoms with Crippen molar-refractivity contribution >= 4 is 11.9 Å². The third-order valence-electron chi connectivity index (χ3n) is 4.64. The third-order valence-corrected chi connectivity index (χ3v) is 4.64. The molecule has 5 nitrogen and oxygen atoms in total. The van der Waals surface area contributed by atoms with E-state index in [0.717, 1.165) is 19.3 Å². The first kappa shape index (κ1) is 23.9. The number of nitrogens with one attached hydrogen (secondary N) is 1. The molecule has 1 N–H and O–H groups in total. The summed E-state index contributed by atoms with van der Waals surface area (Å²) >= 11 is 0. The smallest absolute Gasteiger partial charge is 0.220 e. The largest absolute Gasteiger partial charge is 0.544 e. The highest BCUT2D eigenvalue weighted by atomic mass is 16.4. The molecule has 0 bridgehead atoms. The second-order valence-corrected chi connectivity index (χ2v) is 8.03. The Bertz CT molecular complexity index is 370. The second kappa shape index (κ2) is 14.1. The molecule has 0 saturated heterocycles. The van der Waals surface area contributed by atoms with Gasteiger partial charge in [0.25, 0.3) is 0 Å². The Morgan fingerprint density at radius 3 is 2.00 bits per heavy atom. The van der Waals surface area contributed by atoms with Crippen LogP contribution in [0.2, 0.25) is 0 Å². The zero-order chi connectivity index (χ0) is 19.1. The monoisotopic (exact) mass is 356 g/mol. The Morgan fingerprint density at radius 2 is 1.48 bits per heavy atom. The average Bonchev–Trinajstić information content (AvgIpc) is 2.50. The van der Waals surface area contributed by atoms with Gasteiger partial charge in [0, 0.05) is 18.9 Å². The number of carbonyl (C=O) groups excluding carboxylic acids is 2. The number of hydrogen-bond acceptors (Lipinski definition) is 3. The van der Waals surface area contributed by atoms with Crippen molar-refractivity contribution in [1.82, 2.24) is 5.32 Å². The van der Waals surface area contributed by atoms with E-state index in [0.29, 0.717) is 17.4 Å². The van der Waals surface area contributed by atoms with Gasteiger partial charge < -0.3 is 19.7 Å². The van der Waals surface area contributed by atoms with Gasteiger partial charge in [-0.2, -0.15) is 0 Å². The topological polar surface area (TPSA) is 69.2 Å². The maximum Gasteiger partial charge on any atom is 0.220 e. The predicted octanol–water partition coefficient (Wildman–Crippen LogP) is 2.63. The summed E-state index contributed by atoms with van der Waals surface area (Å²) < 4.78 is 0.376. The minimum atomic E-state index is -1.04. The van der Waals surface area contributed by atoms with Crippen molar-refractivity contribution in [2.24, 2.45) is 0 Å². The van der Waals surface area contributed by atoms with Crippen molar-refractivity contribution in [3.05, 3.63) is 0 Å². The first-order valence-corrected chi connectivity index (χ1v) is 10.1. The molecular formula is C20H40N2O3. The van der Waals surface area contributed by atoms with E-state index in [1.165, 1.54) is 44.9 Å². The summed E-state index contributed by atoms with van der Waals surface area (Å²) in [6.07, 6.45) is 12.6. The summed E-state index contributed by atoms with van der Waals surface area (Å²) in [6.45, 7) is 4.92. The van der Waals surface area contributed by atoms with Crippen LogP contribution in [0.3, 0.4) is 0 Å². The van der Waals surface area contributed by atoms with Crippen molar-refractivity contribution in [3.63, 3.8) is 0 Å². The number of carboxylic acid groups (broad SMARTS) is 1. The lowest BCUT2D eigenvalue weighted by atomic mass is 10.1. The van der Waals surface area contributed by atoms with Gasteiger partial charge in [-0.3, -0.25) is 4.79 Å². The van der Waals surface area contributed by atoms with Crippen molar-refractivity contribution in [2.75, 3.05) is 27.2 Å². The van der Waals surface area contributed by atoms with Crippen LogP contribution in [0.15, 0.2) is 0 Å². The Balaban J connectivity index is 3.63. The van der Waals surface area contributed by atoms with Gasteiger partial charge in [0.05, 0.1) is 26.6 Å². The van der Waals surface area contributed by atoms with Crippen LogP contribution in [0, 0.1) is 0 Å². The second-order valence-electron chi connectivity index (χ2n) is 8.03. The maximum atomic E-state index is 11.9. The van der Waals surface area contributed by atoms with Crippen LogP contribution in [0.5, 0.6) is 0 Å². The molecule has 0 aliphatic carbocycles. The highest BCUT2D eigenvalue weighted by molar-refractivity contribution is 5.76. The van der Waals surface area contributed by atoms with Gasteiger partial charge >= 0.3 is 0 Å². The van der Waals surface area contributed by atoms with Crippen LogP contribution in [0.25, 0.3) is 0 Å². The molecule has 1 amide bonds. The first-order valence-electron chi connectivity index (χ1n) is 10.1. The summed E-state index contributed by atoms with van der Waals surface area (Å²) in [5.74, 6) is -0.923. The van der Waals surface area contributed by atoms with E-state index >= 15 is 0 Å². The molecule has 148 valence electrons. The van der Waals surface area contributed by atoms with Gasteiger partial charge in [-0.1, -0.05) is 58.3 Å². The lowest BCUT2D eigenvalue weighted by molar-refractivity contribution is -0.885. The van der Waals surface area contributed by atoms with Crippen LogP contribution in [-0.2, 0) is 9.59 Å². The molecule has 0 aromatic rings. The number of likely N-dealkylation sites (N-methyl/N-ethyl adjacent to an activating group) is 1. The molecule has 0 radical (unpaired) electrons. The number of aliphatic carboxylic acids is 1. The molecule has 0 aromatic carbocycles. The molecule has 0 fully saturated rings. The number of rotatable bonds is 16. The van der Waals surface area contributed by atoms with Crippen molar-refractivity contribution in [3.8, 4) is 0 Å². The summed E-state index contributed by atoms with van der Waals surface area (Å²) in [4.78, 5) is 22.6. The van der Waals surface area contributed by atoms with Crippen LogP contribution >= 0.6 is 0 Å². The minimum Gasteiger partial charge on any atom is -0.544 e. The Kier molecular flexibility index (Phi) is 13.5. The van der Waals surface area contributed by atoms with Crippen LogP contribution in [0.1, 0.15) is 84.5 Å². The van der Waals surface area contributed by atoms with Crippen LogP contribution in [0.4, 0.5) is 0 Å². The van der Waals surface area contributed by atoms with Crippen molar-refractivity contribution < 1.29 is 19.2 Å². The summed E-state index contributed by atoms with van der Waals surface area (Å²) in [5.41, 5.74) is 0.